The van der Waals surface area contributed by atoms with Crippen molar-refractivity contribution in [3.63, 3.8) is 0 Å². The molecule has 2 heterocycles. The molecule has 0 spiro atoms. The highest BCUT2D eigenvalue weighted by Gasteiger charge is 2.15. The van der Waals surface area contributed by atoms with Gasteiger partial charge in [0.15, 0.2) is 5.82 Å². The predicted molar refractivity (Wildman–Crippen MR) is 82.0 cm³/mol. The molecule has 1 unspecified atom stereocenters. The summed E-state index contributed by atoms with van der Waals surface area (Å²) in [6.45, 7) is 1.58. The first-order valence-electron chi connectivity index (χ1n) is 6.87. The molecule has 6 nitrogen and oxygen atoms in total. The van der Waals surface area contributed by atoms with Gasteiger partial charge in [-0.05, 0) is 37.1 Å². The van der Waals surface area contributed by atoms with Crippen LogP contribution in [-0.4, -0.2) is 34.4 Å². The molecule has 0 radical (unpaired) electrons. The third kappa shape index (κ3) is 4.03. The molecule has 7 heteroatoms. The van der Waals surface area contributed by atoms with Crippen molar-refractivity contribution in [3.8, 4) is 0 Å². The zero-order valence-electron chi connectivity index (χ0n) is 11.4. The molecule has 110 valence electrons. The van der Waals surface area contributed by atoms with Crippen molar-refractivity contribution in [3.05, 3.63) is 35.5 Å². The van der Waals surface area contributed by atoms with Gasteiger partial charge in [-0.25, -0.2) is 0 Å². The lowest BCUT2D eigenvalue weighted by Crippen LogP contribution is -2.19. The Morgan fingerprint density at radius 3 is 2.90 bits per heavy atom. The van der Waals surface area contributed by atoms with Gasteiger partial charge < -0.3 is 15.4 Å². The number of benzene rings is 1. The minimum Gasteiger partial charge on any atom is -0.376 e. The lowest BCUT2D eigenvalue weighted by molar-refractivity contribution is 0.120. The summed E-state index contributed by atoms with van der Waals surface area (Å²) in [6.07, 6.45) is 4.06. The molecule has 1 aromatic carbocycles. The fourth-order valence-electron chi connectivity index (χ4n) is 2.13. The summed E-state index contributed by atoms with van der Waals surface area (Å²) < 4.78 is 5.56. The standard InChI is InChI=1S/C14H16ClN5O/c15-10-3-5-11(6-4-10)18-14-19-13(9-17-20-14)16-8-12-2-1-7-21-12/h3-6,9,12H,1-2,7-8H2,(H2,16,18,19,20). The Morgan fingerprint density at radius 1 is 1.29 bits per heavy atom. The molecular formula is C14H16ClN5O. The van der Waals surface area contributed by atoms with Crippen LogP contribution in [0.4, 0.5) is 17.5 Å². The van der Waals surface area contributed by atoms with Crippen molar-refractivity contribution >= 4 is 29.1 Å². The van der Waals surface area contributed by atoms with Gasteiger partial charge in [0.1, 0.15) is 0 Å². The van der Waals surface area contributed by atoms with Gasteiger partial charge in [-0.2, -0.15) is 10.1 Å². The largest absolute Gasteiger partial charge is 0.376 e. The van der Waals surface area contributed by atoms with E-state index in [1.807, 2.05) is 12.1 Å². The van der Waals surface area contributed by atoms with E-state index in [1.54, 1.807) is 18.3 Å². The number of ether oxygens (including phenoxy) is 1. The van der Waals surface area contributed by atoms with Gasteiger partial charge in [0.05, 0.1) is 12.3 Å². The summed E-state index contributed by atoms with van der Waals surface area (Å²) in [7, 11) is 0. The Bertz CT molecular complexity index is 586. The van der Waals surface area contributed by atoms with Crippen LogP contribution in [0.5, 0.6) is 0 Å². The predicted octanol–water partition coefficient (Wildman–Crippen LogP) is 2.86. The van der Waals surface area contributed by atoms with Gasteiger partial charge in [-0.15, -0.1) is 5.10 Å². The number of anilines is 3. The molecule has 1 fully saturated rings. The molecule has 1 aliphatic rings. The number of nitrogens with zero attached hydrogens (tertiary/aromatic N) is 3. The lowest BCUT2D eigenvalue weighted by Gasteiger charge is -2.11. The average molecular weight is 306 g/mol. The highest BCUT2D eigenvalue weighted by atomic mass is 35.5. The smallest absolute Gasteiger partial charge is 0.249 e. The average Bonchev–Trinajstić information content (AvgIpc) is 3.01. The van der Waals surface area contributed by atoms with Crippen molar-refractivity contribution in [1.82, 2.24) is 15.2 Å². The van der Waals surface area contributed by atoms with Crippen molar-refractivity contribution in [1.29, 1.82) is 0 Å². The third-order valence-electron chi connectivity index (χ3n) is 3.19. The molecule has 0 aliphatic carbocycles. The van der Waals surface area contributed by atoms with Gasteiger partial charge in [0.25, 0.3) is 0 Å². The van der Waals surface area contributed by atoms with Crippen LogP contribution in [0.3, 0.4) is 0 Å². The fraction of sp³-hybridized carbons (Fsp3) is 0.357. The van der Waals surface area contributed by atoms with Crippen molar-refractivity contribution in [2.24, 2.45) is 0 Å². The Labute approximate surface area is 127 Å². The van der Waals surface area contributed by atoms with Crippen LogP contribution in [-0.2, 0) is 4.74 Å². The summed E-state index contributed by atoms with van der Waals surface area (Å²) in [4.78, 5) is 4.37. The number of nitrogens with one attached hydrogen (secondary N) is 2. The van der Waals surface area contributed by atoms with E-state index in [0.29, 0.717) is 16.8 Å². The van der Waals surface area contributed by atoms with Gasteiger partial charge >= 0.3 is 0 Å². The molecule has 3 rings (SSSR count). The monoisotopic (exact) mass is 305 g/mol. The van der Waals surface area contributed by atoms with Gasteiger partial charge in [-0.1, -0.05) is 11.6 Å². The van der Waals surface area contributed by atoms with E-state index in [4.69, 9.17) is 16.3 Å². The summed E-state index contributed by atoms with van der Waals surface area (Å²) in [5.41, 5.74) is 0.859. The highest BCUT2D eigenvalue weighted by Crippen LogP contribution is 2.17. The number of aromatic nitrogens is 3. The Morgan fingerprint density at radius 2 is 2.14 bits per heavy atom. The first-order chi connectivity index (χ1) is 10.3. The fourth-order valence-corrected chi connectivity index (χ4v) is 2.25. The van der Waals surface area contributed by atoms with E-state index < -0.39 is 0 Å². The SMILES string of the molecule is Clc1ccc(Nc2nncc(NCC3CCCO3)n2)cc1. The summed E-state index contributed by atoms with van der Waals surface area (Å²) in [5, 5.41) is 14.9. The Kier molecular flexibility index (Phi) is 4.47. The van der Waals surface area contributed by atoms with Crippen LogP contribution in [0.1, 0.15) is 12.8 Å². The molecule has 2 aromatic rings. The van der Waals surface area contributed by atoms with Crippen LogP contribution >= 0.6 is 11.6 Å². The number of hydrogen-bond donors (Lipinski definition) is 2. The molecule has 1 saturated heterocycles. The van der Waals surface area contributed by atoms with Crippen LogP contribution in [0.15, 0.2) is 30.5 Å². The molecule has 1 aromatic heterocycles. The van der Waals surface area contributed by atoms with Gasteiger partial charge in [0, 0.05) is 23.9 Å². The first-order valence-corrected chi connectivity index (χ1v) is 7.25. The zero-order chi connectivity index (χ0) is 14.5. The minimum atomic E-state index is 0.257. The third-order valence-corrected chi connectivity index (χ3v) is 3.45. The van der Waals surface area contributed by atoms with Crippen LogP contribution < -0.4 is 10.6 Å². The summed E-state index contributed by atoms with van der Waals surface area (Å²) in [5.74, 6) is 1.12. The van der Waals surface area contributed by atoms with E-state index in [0.717, 1.165) is 31.7 Å². The van der Waals surface area contributed by atoms with E-state index >= 15 is 0 Å². The lowest BCUT2D eigenvalue weighted by atomic mass is 10.2. The van der Waals surface area contributed by atoms with E-state index in [1.165, 1.54) is 0 Å². The zero-order valence-corrected chi connectivity index (χ0v) is 12.2. The van der Waals surface area contributed by atoms with Gasteiger partial charge in [0.2, 0.25) is 5.95 Å². The highest BCUT2D eigenvalue weighted by molar-refractivity contribution is 6.30. The molecule has 1 atom stereocenters. The van der Waals surface area contributed by atoms with E-state index in [9.17, 15) is 0 Å². The quantitative estimate of drug-likeness (QED) is 0.885. The summed E-state index contributed by atoms with van der Waals surface area (Å²) >= 11 is 5.85. The number of rotatable bonds is 5. The molecule has 0 saturated carbocycles. The number of halogens is 1. The van der Waals surface area contributed by atoms with Crippen LogP contribution in [0, 0.1) is 0 Å². The second-order valence-corrected chi connectivity index (χ2v) is 5.25. The van der Waals surface area contributed by atoms with Crippen molar-refractivity contribution in [2.45, 2.75) is 18.9 Å². The van der Waals surface area contributed by atoms with Crippen LogP contribution in [0.25, 0.3) is 0 Å². The normalized spacial score (nSPS) is 17.7. The topological polar surface area (TPSA) is 72.0 Å². The maximum Gasteiger partial charge on any atom is 0.249 e. The molecular weight excluding hydrogens is 290 g/mol. The van der Waals surface area contributed by atoms with Crippen molar-refractivity contribution < 1.29 is 4.74 Å². The molecule has 21 heavy (non-hydrogen) atoms. The van der Waals surface area contributed by atoms with Crippen molar-refractivity contribution in [2.75, 3.05) is 23.8 Å². The van der Waals surface area contributed by atoms with E-state index in [-0.39, 0.29) is 6.10 Å². The van der Waals surface area contributed by atoms with Gasteiger partial charge in [-0.3, -0.25) is 0 Å². The molecule has 1 aliphatic heterocycles. The second-order valence-electron chi connectivity index (χ2n) is 4.81. The Hall–Kier alpha value is -1.92. The molecule has 0 bridgehead atoms. The first kappa shape index (κ1) is 14.0. The van der Waals surface area contributed by atoms with E-state index in [2.05, 4.69) is 25.8 Å². The Balaban J connectivity index is 1.60. The minimum absolute atomic E-state index is 0.257. The maximum atomic E-state index is 5.85. The van der Waals surface area contributed by atoms with Crippen LogP contribution in [0.2, 0.25) is 5.02 Å². The second kappa shape index (κ2) is 6.69. The maximum absolute atomic E-state index is 5.85. The summed E-state index contributed by atoms with van der Waals surface area (Å²) in [6, 6.07) is 7.32. The molecule has 0 amide bonds. The molecule has 2 N–H and O–H groups in total. The number of hydrogen-bond acceptors (Lipinski definition) is 6.